The maximum Gasteiger partial charge on any atom is 0.150 e. The van der Waals surface area contributed by atoms with Crippen molar-refractivity contribution in [2.75, 3.05) is 13.2 Å². The largest absolute Gasteiger partial charge is 0.491 e. The SMILES string of the molecule is O=Cc1ccc(OCC2CCCCO2)cc1. The molecular weight excluding hydrogens is 204 g/mol. The summed E-state index contributed by atoms with van der Waals surface area (Å²) in [6, 6.07) is 7.13. The van der Waals surface area contributed by atoms with Gasteiger partial charge in [0, 0.05) is 12.2 Å². The summed E-state index contributed by atoms with van der Waals surface area (Å²) < 4.78 is 11.2. The lowest BCUT2D eigenvalue weighted by atomic mass is 10.1. The third-order valence-corrected chi connectivity index (χ3v) is 2.73. The molecule has 3 heteroatoms. The van der Waals surface area contributed by atoms with Crippen LogP contribution in [0.15, 0.2) is 24.3 Å². The smallest absolute Gasteiger partial charge is 0.150 e. The van der Waals surface area contributed by atoms with Gasteiger partial charge in [-0.3, -0.25) is 4.79 Å². The monoisotopic (exact) mass is 220 g/mol. The number of benzene rings is 1. The Hall–Kier alpha value is -1.35. The van der Waals surface area contributed by atoms with E-state index < -0.39 is 0 Å². The highest BCUT2D eigenvalue weighted by Gasteiger charge is 2.14. The van der Waals surface area contributed by atoms with Crippen molar-refractivity contribution in [3.8, 4) is 5.75 Å². The zero-order valence-electron chi connectivity index (χ0n) is 9.22. The molecule has 1 heterocycles. The Morgan fingerprint density at radius 3 is 2.75 bits per heavy atom. The second kappa shape index (κ2) is 5.66. The molecule has 0 bridgehead atoms. The van der Waals surface area contributed by atoms with Gasteiger partial charge in [-0.25, -0.2) is 0 Å². The van der Waals surface area contributed by atoms with Gasteiger partial charge in [0.15, 0.2) is 0 Å². The molecule has 0 spiro atoms. The number of ether oxygens (including phenoxy) is 2. The highest BCUT2D eigenvalue weighted by atomic mass is 16.5. The minimum Gasteiger partial charge on any atom is -0.491 e. The summed E-state index contributed by atoms with van der Waals surface area (Å²) in [4.78, 5) is 10.5. The molecule has 0 aromatic heterocycles. The molecule has 0 N–H and O–H groups in total. The maximum absolute atomic E-state index is 10.5. The van der Waals surface area contributed by atoms with E-state index in [-0.39, 0.29) is 6.10 Å². The number of carbonyl (C=O) groups excluding carboxylic acids is 1. The van der Waals surface area contributed by atoms with E-state index in [0.717, 1.165) is 31.5 Å². The maximum atomic E-state index is 10.5. The van der Waals surface area contributed by atoms with Gasteiger partial charge < -0.3 is 9.47 Å². The van der Waals surface area contributed by atoms with Crippen LogP contribution in [-0.2, 0) is 4.74 Å². The summed E-state index contributed by atoms with van der Waals surface area (Å²) in [7, 11) is 0. The van der Waals surface area contributed by atoms with E-state index in [1.54, 1.807) is 12.1 Å². The second-order valence-corrected chi connectivity index (χ2v) is 3.99. The van der Waals surface area contributed by atoms with Crippen molar-refractivity contribution in [2.45, 2.75) is 25.4 Å². The van der Waals surface area contributed by atoms with Gasteiger partial charge in [-0.1, -0.05) is 0 Å². The van der Waals surface area contributed by atoms with Crippen LogP contribution < -0.4 is 4.74 Å². The van der Waals surface area contributed by atoms with E-state index in [0.29, 0.717) is 12.2 Å². The summed E-state index contributed by atoms with van der Waals surface area (Å²) in [5, 5.41) is 0. The first-order chi connectivity index (χ1) is 7.88. The number of hydrogen-bond acceptors (Lipinski definition) is 3. The topological polar surface area (TPSA) is 35.5 Å². The first-order valence-electron chi connectivity index (χ1n) is 5.68. The molecule has 1 aliphatic heterocycles. The zero-order valence-corrected chi connectivity index (χ0v) is 9.22. The predicted molar refractivity (Wildman–Crippen MR) is 60.9 cm³/mol. The van der Waals surface area contributed by atoms with Gasteiger partial charge in [0.1, 0.15) is 18.6 Å². The average molecular weight is 220 g/mol. The number of aldehydes is 1. The van der Waals surface area contributed by atoms with Crippen molar-refractivity contribution >= 4 is 6.29 Å². The Labute approximate surface area is 95.4 Å². The fourth-order valence-electron chi connectivity index (χ4n) is 1.77. The number of hydrogen-bond donors (Lipinski definition) is 0. The standard InChI is InChI=1S/C13H16O3/c14-9-11-4-6-12(7-5-11)16-10-13-3-1-2-8-15-13/h4-7,9,13H,1-3,8,10H2. The summed E-state index contributed by atoms with van der Waals surface area (Å²) in [6.45, 7) is 1.44. The normalized spacial score (nSPS) is 20.4. The molecular formula is C13H16O3. The molecule has 16 heavy (non-hydrogen) atoms. The molecule has 1 atom stereocenters. The zero-order chi connectivity index (χ0) is 11.2. The van der Waals surface area contributed by atoms with Crippen LogP contribution in [0.3, 0.4) is 0 Å². The Kier molecular flexibility index (Phi) is 3.94. The lowest BCUT2D eigenvalue weighted by molar-refractivity contribution is -0.0110. The fraction of sp³-hybridized carbons (Fsp3) is 0.462. The van der Waals surface area contributed by atoms with Gasteiger partial charge in [-0.2, -0.15) is 0 Å². The van der Waals surface area contributed by atoms with Crippen molar-refractivity contribution < 1.29 is 14.3 Å². The van der Waals surface area contributed by atoms with Crippen LogP contribution in [0, 0.1) is 0 Å². The molecule has 1 fully saturated rings. The summed E-state index contributed by atoms with van der Waals surface area (Å²) >= 11 is 0. The second-order valence-electron chi connectivity index (χ2n) is 3.99. The van der Waals surface area contributed by atoms with Crippen molar-refractivity contribution in [3.05, 3.63) is 29.8 Å². The molecule has 0 aliphatic carbocycles. The van der Waals surface area contributed by atoms with E-state index in [1.165, 1.54) is 6.42 Å². The summed E-state index contributed by atoms with van der Waals surface area (Å²) in [5.41, 5.74) is 0.668. The predicted octanol–water partition coefficient (Wildman–Crippen LogP) is 2.45. The van der Waals surface area contributed by atoms with Crippen LogP contribution in [-0.4, -0.2) is 25.6 Å². The highest BCUT2D eigenvalue weighted by Crippen LogP contribution is 2.16. The Balaban J connectivity index is 1.81. The third kappa shape index (κ3) is 3.07. The van der Waals surface area contributed by atoms with Gasteiger partial charge >= 0.3 is 0 Å². The van der Waals surface area contributed by atoms with Crippen LogP contribution in [0.4, 0.5) is 0 Å². The minimum absolute atomic E-state index is 0.222. The van der Waals surface area contributed by atoms with Crippen molar-refractivity contribution in [2.24, 2.45) is 0 Å². The van der Waals surface area contributed by atoms with Crippen LogP contribution in [0.2, 0.25) is 0 Å². The fourth-order valence-corrected chi connectivity index (χ4v) is 1.77. The summed E-state index contributed by atoms with van der Waals surface area (Å²) in [5.74, 6) is 0.791. The third-order valence-electron chi connectivity index (χ3n) is 2.73. The van der Waals surface area contributed by atoms with Crippen molar-refractivity contribution in [1.82, 2.24) is 0 Å². The molecule has 0 radical (unpaired) electrons. The van der Waals surface area contributed by atoms with Gasteiger partial charge in [-0.15, -0.1) is 0 Å². The van der Waals surface area contributed by atoms with Gasteiger partial charge in [0.05, 0.1) is 6.10 Å². The lowest BCUT2D eigenvalue weighted by Crippen LogP contribution is -2.25. The summed E-state index contributed by atoms with van der Waals surface area (Å²) in [6.07, 6.45) is 4.50. The lowest BCUT2D eigenvalue weighted by Gasteiger charge is -2.22. The Bertz CT molecular complexity index is 326. The molecule has 86 valence electrons. The van der Waals surface area contributed by atoms with Crippen molar-refractivity contribution in [1.29, 1.82) is 0 Å². The van der Waals surface area contributed by atoms with Crippen LogP contribution in [0.5, 0.6) is 5.75 Å². The molecule has 1 aromatic rings. The molecule has 1 aliphatic rings. The molecule has 1 aromatic carbocycles. The quantitative estimate of drug-likeness (QED) is 0.731. The molecule has 0 saturated carbocycles. The van der Waals surface area contributed by atoms with Crippen LogP contribution in [0.1, 0.15) is 29.6 Å². The van der Waals surface area contributed by atoms with E-state index in [1.807, 2.05) is 12.1 Å². The van der Waals surface area contributed by atoms with Crippen LogP contribution >= 0.6 is 0 Å². The van der Waals surface area contributed by atoms with E-state index >= 15 is 0 Å². The molecule has 0 amide bonds. The van der Waals surface area contributed by atoms with Gasteiger partial charge in [0.25, 0.3) is 0 Å². The molecule has 3 nitrogen and oxygen atoms in total. The van der Waals surface area contributed by atoms with Crippen molar-refractivity contribution in [3.63, 3.8) is 0 Å². The van der Waals surface area contributed by atoms with E-state index in [4.69, 9.17) is 9.47 Å². The molecule has 2 rings (SSSR count). The van der Waals surface area contributed by atoms with Crippen LogP contribution in [0.25, 0.3) is 0 Å². The Morgan fingerprint density at radius 1 is 1.31 bits per heavy atom. The highest BCUT2D eigenvalue weighted by molar-refractivity contribution is 5.74. The molecule has 1 saturated heterocycles. The number of carbonyl (C=O) groups is 1. The average Bonchev–Trinajstić information content (AvgIpc) is 2.38. The van der Waals surface area contributed by atoms with Gasteiger partial charge in [0.2, 0.25) is 0 Å². The van der Waals surface area contributed by atoms with Gasteiger partial charge in [-0.05, 0) is 43.5 Å². The Morgan fingerprint density at radius 2 is 2.12 bits per heavy atom. The first kappa shape index (κ1) is 11.1. The van der Waals surface area contributed by atoms with E-state index in [2.05, 4.69) is 0 Å². The van der Waals surface area contributed by atoms with E-state index in [9.17, 15) is 4.79 Å². The minimum atomic E-state index is 0.222. The molecule has 1 unspecified atom stereocenters. The first-order valence-corrected chi connectivity index (χ1v) is 5.68. The number of rotatable bonds is 4.